The Kier molecular flexibility index (Phi) is 8.39. The van der Waals surface area contributed by atoms with Gasteiger partial charge in [-0.3, -0.25) is 0 Å². The van der Waals surface area contributed by atoms with Crippen molar-refractivity contribution in [3.05, 3.63) is 299 Å². The molecule has 15 aromatic rings. The lowest BCUT2D eigenvalue weighted by Crippen LogP contribution is -2.59. The second-order valence-electron chi connectivity index (χ2n) is 26.3. The third-order valence-corrected chi connectivity index (χ3v) is 22.3. The van der Waals surface area contributed by atoms with Crippen LogP contribution in [0.4, 0.5) is 0 Å². The highest BCUT2D eigenvalue weighted by Crippen LogP contribution is 2.53. The predicted octanol–water partition coefficient (Wildman–Crippen LogP) is 19.8. The zero-order valence-electron chi connectivity index (χ0n) is 48.4. The molecule has 0 bridgehead atoms. The van der Waals surface area contributed by atoms with Gasteiger partial charge in [-0.15, -0.1) is 0 Å². The fraction of sp³-hybridized carbons (Fsp3) is 0.0465. The average Bonchev–Trinajstić information content (AvgIpc) is 1.54. The highest BCUT2D eigenvalue weighted by atomic mass is 15.0. The van der Waals surface area contributed by atoms with Crippen LogP contribution in [0.1, 0.15) is 35.1 Å². The summed E-state index contributed by atoms with van der Waals surface area (Å²) in [4.78, 5) is 0. The highest BCUT2D eigenvalue weighted by molar-refractivity contribution is 7.00. The van der Waals surface area contributed by atoms with Gasteiger partial charge in [-0.1, -0.05) is 225 Å². The number of allylic oxidation sites excluding steroid dienone is 17. The molecule has 406 valence electrons. The minimum absolute atomic E-state index is 0.0974. The maximum Gasteiger partial charge on any atom is 0.252 e. The number of aromatic nitrogens is 2. The SMILES string of the molecule is C1=CC2=C3C(=CC=C4C=CC(c5cc6c7c(c5)c5cc(-c8ccc9c%10c%11c(ccc8%10)C=CCC%11=CC9)ccc5n7-c5cccc7c5B6c5cc6c8ccccc8c8ccccc8c6c6c8ccc9c%10ccccc%10c%10ccccc%10c9c8n-7c56)=C(C=C2)C43)C1. The van der Waals surface area contributed by atoms with Gasteiger partial charge >= 0.3 is 0 Å². The maximum atomic E-state index is 2.75. The Morgan fingerprint density at radius 1 is 0.393 bits per heavy atom. The van der Waals surface area contributed by atoms with Gasteiger partial charge in [0, 0.05) is 55.1 Å². The summed E-state index contributed by atoms with van der Waals surface area (Å²) in [5, 5.41) is 23.6. The third kappa shape index (κ3) is 5.57. The summed E-state index contributed by atoms with van der Waals surface area (Å²) < 4.78 is 5.44. The Labute approximate surface area is 512 Å². The molecule has 2 nitrogen and oxygen atoms in total. The van der Waals surface area contributed by atoms with E-state index in [0.29, 0.717) is 0 Å². The zero-order valence-corrected chi connectivity index (χ0v) is 48.4. The quantitative estimate of drug-likeness (QED) is 0.121. The molecule has 1 atom stereocenters. The molecule has 2 aromatic heterocycles. The van der Waals surface area contributed by atoms with Crippen LogP contribution < -0.4 is 16.4 Å². The summed E-state index contributed by atoms with van der Waals surface area (Å²) in [6.45, 7) is -0.0974. The molecule has 6 aliphatic carbocycles. The molecule has 13 aromatic carbocycles. The Hall–Kier alpha value is -11.0. The van der Waals surface area contributed by atoms with Crippen molar-refractivity contribution in [2.75, 3.05) is 0 Å². The van der Waals surface area contributed by atoms with Crippen LogP contribution in [-0.2, 0) is 6.42 Å². The van der Waals surface area contributed by atoms with Crippen molar-refractivity contribution in [1.29, 1.82) is 0 Å². The van der Waals surface area contributed by atoms with Crippen molar-refractivity contribution < 1.29 is 0 Å². The first-order valence-corrected chi connectivity index (χ1v) is 31.9. The molecule has 0 spiro atoms. The van der Waals surface area contributed by atoms with Crippen molar-refractivity contribution >= 4 is 159 Å². The second-order valence-corrected chi connectivity index (χ2v) is 26.3. The van der Waals surface area contributed by atoms with E-state index >= 15 is 0 Å². The van der Waals surface area contributed by atoms with Crippen LogP contribution in [0, 0.1) is 5.92 Å². The molecular weight excluding hydrogens is 1070 g/mol. The summed E-state index contributed by atoms with van der Waals surface area (Å²) in [6.07, 6.45) is 29.3. The molecule has 3 heteroatoms. The van der Waals surface area contributed by atoms with Crippen LogP contribution in [0.5, 0.6) is 0 Å². The van der Waals surface area contributed by atoms with E-state index in [1.54, 1.807) is 0 Å². The normalized spacial score (nSPS) is 17.1. The van der Waals surface area contributed by atoms with Crippen molar-refractivity contribution in [3.63, 3.8) is 0 Å². The minimum atomic E-state index is -0.0974. The summed E-state index contributed by atoms with van der Waals surface area (Å²) in [6, 6.07) is 73.8. The number of hydrogen-bond donors (Lipinski definition) is 0. The minimum Gasteiger partial charge on any atom is -0.310 e. The van der Waals surface area contributed by atoms with Crippen LogP contribution in [0.25, 0.3) is 159 Å². The van der Waals surface area contributed by atoms with Crippen molar-refractivity contribution in [1.82, 2.24) is 9.13 Å². The Balaban J connectivity index is 0.890. The first kappa shape index (κ1) is 46.3. The first-order valence-electron chi connectivity index (χ1n) is 31.9. The molecule has 0 saturated carbocycles. The van der Waals surface area contributed by atoms with Crippen LogP contribution >= 0.6 is 0 Å². The molecule has 2 aliphatic heterocycles. The van der Waals surface area contributed by atoms with Crippen LogP contribution in [0.15, 0.2) is 277 Å². The Morgan fingerprint density at radius 3 is 1.88 bits per heavy atom. The van der Waals surface area contributed by atoms with Gasteiger partial charge < -0.3 is 9.13 Å². The number of benzene rings is 13. The fourth-order valence-electron chi connectivity index (χ4n) is 18.9. The summed E-state index contributed by atoms with van der Waals surface area (Å²) >= 11 is 0. The monoisotopic (exact) mass is 1120 g/mol. The van der Waals surface area contributed by atoms with E-state index in [9.17, 15) is 0 Å². The van der Waals surface area contributed by atoms with Crippen molar-refractivity contribution in [2.45, 2.75) is 19.3 Å². The molecule has 0 radical (unpaired) electrons. The number of nitrogens with zero attached hydrogens (tertiary/aromatic N) is 2. The molecule has 8 aliphatic rings. The summed E-state index contributed by atoms with van der Waals surface area (Å²) in [5.41, 5.74) is 29.6. The van der Waals surface area contributed by atoms with Gasteiger partial charge in [0.05, 0.1) is 16.6 Å². The molecule has 0 saturated heterocycles. The van der Waals surface area contributed by atoms with Crippen LogP contribution in [0.2, 0.25) is 0 Å². The Bertz CT molecular complexity index is 6390. The van der Waals surface area contributed by atoms with Crippen LogP contribution in [0.3, 0.4) is 0 Å². The van der Waals surface area contributed by atoms with E-state index in [1.165, 1.54) is 219 Å². The summed E-state index contributed by atoms with van der Waals surface area (Å²) in [7, 11) is 0. The first-order chi connectivity index (χ1) is 44.2. The number of fused-ring (bicyclic) bond motifs is 24. The van der Waals surface area contributed by atoms with E-state index in [-0.39, 0.29) is 12.6 Å². The Morgan fingerprint density at radius 2 is 1.07 bits per heavy atom. The fourth-order valence-corrected chi connectivity index (χ4v) is 18.9. The van der Waals surface area contributed by atoms with Crippen LogP contribution in [-0.4, -0.2) is 15.8 Å². The maximum absolute atomic E-state index is 2.75. The molecule has 0 fully saturated rings. The van der Waals surface area contributed by atoms with Gasteiger partial charge in [0.1, 0.15) is 0 Å². The lowest BCUT2D eigenvalue weighted by Gasteiger charge is -2.37. The van der Waals surface area contributed by atoms with Gasteiger partial charge in [-0.05, 0) is 203 Å². The molecule has 4 heterocycles. The van der Waals surface area contributed by atoms with Gasteiger partial charge in [-0.2, -0.15) is 0 Å². The topological polar surface area (TPSA) is 9.86 Å². The number of rotatable bonds is 2. The van der Waals surface area contributed by atoms with Gasteiger partial charge in [-0.25, -0.2) is 0 Å². The van der Waals surface area contributed by atoms with E-state index in [4.69, 9.17) is 0 Å². The van der Waals surface area contributed by atoms with Gasteiger partial charge in [0.15, 0.2) is 0 Å². The van der Waals surface area contributed by atoms with Crippen molar-refractivity contribution in [2.24, 2.45) is 5.92 Å². The largest absolute Gasteiger partial charge is 0.310 e. The molecule has 0 amide bonds. The zero-order chi connectivity index (χ0) is 57.2. The lowest BCUT2D eigenvalue weighted by molar-refractivity contribution is 0.835. The molecular formula is C86H49BN2. The second kappa shape index (κ2) is 16.1. The van der Waals surface area contributed by atoms with E-state index < -0.39 is 0 Å². The van der Waals surface area contributed by atoms with Gasteiger partial charge in [0.2, 0.25) is 0 Å². The third-order valence-electron chi connectivity index (χ3n) is 22.3. The summed E-state index contributed by atoms with van der Waals surface area (Å²) in [5.74, 6) is 0.198. The molecule has 1 unspecified atom stereocenters. The van der Waals surface area contributed by atoms with Crippen molar-refractivity contribution in [3.8, 4) is 22.5 Å². The van der Waals surface area contributed by atoms with E-state index in [0.717, 1.165) is 19.3 Å². The predicted molar refractivity (Wildman–Crippen MR) is 379 cm³/mol. The standard InChI is InChI=1S/C86H49BN2/c1-3-20-60-56(16-1)59-19-6-8-23-63(59)81-66(60)39-40-67-82-80-62-22-7-5-18-58(62)57-17-2-4-21-61(57)69(80)45-72-86(82)89(85(67)81)75-25-11-24-74-83(75)87(72)71-44-53(55-36-31-51-29-27-47-13-10-15-49-33-38-65(55)79(51)77(47)49)43-70-68-42-52(34-41-73(68)88(74)84(70)71)54-35-30-50-28-26-46-12-9-14-48-32-37-64(54)78(50)76(46)48/h1-11,14-27,29-45,79H,12-13,28H2. The molecule has 89 heavy (non-hydrogen) atoms. The highest BCUT2D eigenvalue weighted by Gasteiger charge is 2.43. The molecule has 23 rings (SSSR count). The van der Waals surface area contributed by atoms with E-state index in [1.807, 2.05) is 0 Å². The number of hydrogen-bond acceptors (Lipinski definition) is 0. The average molecular weight is 1120 g/mol. The van der Waals surface area contributed by atoms with Gasteiger partial charge in [0.25, 0.3) is 6.71 Å². The lowest BCUT2D eigenvalue weighted by atomic mass is 9.34. The molecule has 0 N–H and O–H groups in total. The smallest absolute Gasteiger partial charge is 0.252 e. The van der Waals surface area contributed by atoms with E-state index in [2.05, 4.69) is 264 Å².